The lowest BCUT2D eigenvalue weighted by atomic mass is 10.1. The highest BCUT2D eigenvalue weighted by molar-refractivity contribution is 7.89. The van der Waals surface area contributed by atoms with Gasteiger partial charge in [0.1, 0.15) is 5.82 Å². The maximum Gasteiger partial charge on any atom is 0.243 e. The quantitative estimate of drug-likeness (QED) is 0.870. The average molecular weight is 305 g/mol. The van der Waals surface area contributed by atoms with Crippen LogP contribution in [0.5, 0.6) is 0 Å². The van der Waals surface area contributed by atoms with E-state index in [1.807, 2.05) is 12.3 Å². The van der Waals surface area contributed by atoms with Crippen molar-refractivity contribution in [3.8, 4) is 0 Å². The number of aromatic nitrogens is 2. The number of sulfonamides is 1. The summed E-state index contributed by atoms with van der Waals surface area (Å²) in [5.74, 6) is 1.34. The third-order valence-corrected chi connectivity index (χ3v) is 5.66. The first-order valence-electron chi connectivity index (χ1n) is 7.08. The summed E-state index contributed by atoms with van der Waals surface area (Å²) in [6.45, 7) is 5.20. The van der Waals surface area contributed by atoms with Crippen LogP contribution in [0.15, 0.2) is 47.6 Å². The highest BCUT2D eigenvalue weighted by Gasteiger charge is 2.38. The largest absolute Gasteiger partial charge is 0.329 e. The molecule has 5 nitrogen and oxygen atoms in total. The lowest BCUT2D eigenvalue weighted by molar-refractivity contribution is 0.200. The van der Waals surface area contributed by atoms with E-state index in [1.165, 1.54) is 4.31 Å². The van der Waals surface area contributed by atoms with Crippen molar-refractivity contribution in [1.29, 1.82) is 0 Å². The molecule has 0 saturated carbocycles. The van der Waals surface area contributed by atoms with E-state index in [4.69, 9.17) is 0 Å². The van der Waals surface area contributed by atoms with Crippen LogP contribution in [-0.2, 0) is 10.0 Å². The molecular weight excluding hydrogens is 286 g/mol. The standard InChI is InChI=1S/C15H19N3O2S/c1-12(2)15-16-8-9-18(15)13-10-17(11-13)21(19,20)14-6-4-3-5-7-14/h3-9,12-13H,10-11H2,1-2H3. The Balaban J connectivity index is 1.75. The predicted octanol–water partition coefficient (Wildman–Crippen LogP) is 2.25. The predicted molar refractivity (Wildman–Crippen MR) is 80.6 cm³/mol. The Morgan fingerprint density at radius 2 is 1.86 bits per heavy atom. The van der Waals surface area contributed by atoms with E-state index in [9.17, 15) is 8.42 Å². The van der Waals surface area contributed by atoms with Gasteiger partial charge in [-0.1, -0.05) is 32.0 Å². The molecule has 0 N–H and O–H groups in total. The van der Waals surface area contributed by atoms with Gasteiger partial charge in [-0.2, -0.15) is 4.31 Å². The Kier molecular flexibility index (Phi) is 3.59. The second-order valence-corrected chi connectivity index (χ2v) is 7.57. The lowest BCUT2D eigenvalue weighted by Gasteiger charge is -2.39. The molecule has 0 unspecified atom stereocenters. The number of nitrogens with zero attached hydrogens (tertiary/aromatic N) is 3. The van der Waals surface area contributed by atoms with Crippen molar-refractivity contribution in [2.24, 2.45) is 0 Å². The third-order valence-electron chi connectivity index (χ3n) is 3.82. The molecule has 3 rings (SSSR count). The molecule has 1 aliphatic rings. The van der Waals surface area contributed by atoms with Crippen LogP contribution in [0.3, 0.4) is 0 Å². The van der Waals surface area contributed by atoms with Gasteiger partial charge in [-0.3, -0.25) is 0 Å². The van der Waals surface area contributed by atoms with Crippen LogP contribution in [0.1, 0.15) is 31.6 Å². The molecule has 1 fully saturated rings. The van der Waals surface area contributed by atoms with Crippen molar-refractivity contribution < 1.29 is 8.42 Å². The van der Waals surface area contributed by atoms with E-state index in [-0.39, 0.29) is 6.04 Å². The monoisotopic (exact) mass is 305 g/mol. The zero-order chi connectivity index (χ0) is 15.0. The molecule has 1 aliphatic heterocycles. The Morgan fingerprint density at radius 3 is 2.48 bits per heavy atom. The molecule has 1 aromatic carbocycles. The molecular formula is C15H19N3O2S. The van der Waals surface area contributed by atoms with Gasteiger partial charge in [-0.15, -0.1) is 0 Å². The summed E-state index contributed by atoms with van der Waals surface area (Å²) in [4.78, 5) is 4.72. The summed E-state index contributed by atoms with van der Waals surface area (Å²) in [6, 6.07) is 8.77. The minimum Gasteiger partial charge on any atom is -0.329 e. The zero-order valence-corrected chi connectivity index (χ0v) is 13.0. The second kappa shape index (κ2) is 5.27. The van der Waals surface area contributed by atoms with E-state index in [0.717, 1.165) is 5.82 Å². The van der Waals surface area contributed by atoms with Crippen LogP contribution < -0.4 is 0 Å². The van der Waals surface area contributed by atoms with Gasteiger partial charge in [0.15, 0.2) is 0 Å². The summed E-state index contributed by atoms with van der Waals surface area (Å²) in [7, 11) is -3.36. The first-order valence-corrected chi connectivity index (χ1v) is 8.52. The number of rotatable bonds is 4. The molecule has 0 atom stereocenters. The van der Waals surface area contributed by atoms with Crippen LogP contribution >= 0.6 is 0 Å². The number of hydrogen-bond acceptors (Lipinski definition) is 3. The topological polar surface area (TPSA) is 55.2 Å². The summed E-state index contributed by atoms with van der Waals surface area (Å²) in [5.41, 5.74) is 0. The van der Waals surface area contributed by atoms with Crippen LogP contribution in [0.25, 0.3) is 0 Å². The average Bonchev–Trinajstić information content (AvgIpc) is 2.87. The van der Waals surface area contributed by atoms with Gasteiger partial charge in [0.05, 0.1) is 10.9 Å². The van der Waals surface area contributed by atoms with Crippen molar-refractivity contribution in [2.45, 2.75) is 30.7 Å². The van der Waals surface area contributed by atoms with E-state index >= 15 is 0 Å². The number of hydrogen-bond donors (Lipinski definition) is 0. The smallest absolute Gasteiger partial charge is 0.243 e. The van der Waals surface area contributed by atoms with Gasteiger partial charge in [0.2, 0.25) is 10.0 Å². The highest BCUT2D eigenvalue weighted by atomic mass is 32.2. The van der Waals surface area contributed by atoms with Crippen molar-refractivity contribution in [3.63, 3.8) is 0 Å². The molecule has 2 heterocycles. The first kappa shape index (κ1) is 14.3. The molecule has 0 spiro atoms. The molecule has 0 amide bonds. The third kappa shape index (κ3) is 2.49. The molecule has 0 aliphatic carbocycles. The van der Waals surface area contributed by atoms with Crippen LogP contribution in [0.2, 0.25) is 0 Å². The molecule has 0 bridgehead atoms. The van der Waals surface area contributed by atoms with Crippen molar-refractivity contribution in [3.05, 3.63) is 48.5 Å². The molecule has 0 radical (unpaired) electrons. The van der Waals surface area contributed by atoms with Gasteiger partial charge < -0.3 is 4.57 Å². The van der Waals surface area contributed by atoms with E-state index < -0.39 is 10.0 Å². The van der Waals surface area contributed by atoms with Crippen LogP contribution in [0, 0.1) is 0 Å². The molecule has 2 aromatic rings. The van der Waals surface area contributed by atoms with E-state index in [1.54, 1.807) is 30.5 Å². The Hall–Kier alpha value is -1.66. The zero-order valence-electron chi connectivity index (χ0n) is 12.2. The van der Waals surface area contributed by atoms with Crippen LogP contribution in [0.4, 0.5) is 0 Å². The first-order chi connectivity index (χ1) is 10.00. The summed E-state index contributed by atoms with van der Waals surface area (Å²) >= 11 is 0. The van der Waals surface area contributed by atoms with Gasteiger partial charge in [0, 0.05) is 31.4 Å². The van der Waals surface area contributed by atoms with E-state index in [0.29, 0.717) is 23.9 Å². The molecule has 1 saturated heterocycles. The van der Waals surface area contributed by atoms with Crippen LogP contribution in [-0.4, -0.2) is 35.4 Å². The van der Waals surface area contributed by atoms with E-state index in [2.05, 4.69) is 23.4 Å². The van der Waals surface area contributed by atoms with Crippen molar-refractivity contribution >= 4 is 10.0 Å². The Bertz CT molecular complexity index is 716. The Labute approximate surface area is 125 Å². The van der Waals surface area contributed by atoms with Gasteiger partial charge in [0.25, 0.3) is 0 Å². The minimum absolute atomic E-state index is 0.184. The SMILES string of the molecule is CC(C)c1nccn1C1CN(S(=O)(=O)c2ccccc2)C1. The fourth-order valence-corrected chi connectivity index (χ4v) is 4.15. The maximum atomic E-state index is 12.4. The summed E-state index contributed by atoms with van der Waals surface area (Å²) < 4.78 is 28.5. The lowest BCUT2D eigenvalue weighted by Crippen LogP contribution is -2.50. The number of imidazole rings is 1. The molecule has 1 aromatic heterocycles. The summed E-state index contributed by atoms with van der Waals surface area (Å²) in [6.07, 6.45) is 3.72. The van der Waals surface area contributed by atoms with Gasteiger partial charge in [-0.25, -0.2) is 13.4 Å². The fourth-order valence-electron chi connectivity index (χ4n) is 2.61. The second-order valence-electron chi connectivity index (χ2n) is 5.64. The van der Waals surface area contributed by atoms with Gasteiger partial charge in [-0.05, 0) is 12.1 Å². The molecule has 21 heavy (non-hydrogen) atoms. The highest BCUT2D eigenvalue weighted by Crippen LogP contribution is 2.30. The summed E-state index contributed by atoms with van der Waals surface area (Å²) in [5, 5.41) is 0. The normalized spacial score (nSPS) is 17.1. The minimum atomic E-state index is -3.36. The maximum absolute atomic E-state index is 12.4. The fraction of sp³-hybridized carbons (Fsp3) is 0.400. The molecule has 112 valence electrons. The van der Waals surface area contributed by atoms with Gasteiger partial charge >= 0.3 is 0 Å². The number of benzene rings is 1. The Morgan fingerprint density at radius 1 is 1.19 bits per heavy atom. The van der Waals surface area contributed by atoms with Crippen molar-refractivity contribution in [1.82, 2.24) is 13.9 Å². The molecule has 6 heteroatoms. The van der Waals surface area contributed by atoms with Crippen molar-refractivity contribution in [2.75, 3.05) is 13.1 Å².